The van der Waals surface area contributed by atoms with Crippen LogP contribution in [0.4, 0.5) is 0 Å². The molecule has 144 valence electrons. The minimum atomic E-state index is -3.55. The highest BCUT2D eigenvalue weighted by atomic mass is 32.2. The number of rotatable bonds is 8. The highest BCUT2D eigenvalue weighted by Crippen LogP contribution is 2.18. The van der Waals surface area contributed by atoms with E-state index in [2.05, 4.69) is 4.90 Å². The fraction of sp³-hybridized carbons (Fsp3) is 0.556. The van der Waals surface area contributed by atoms with Crippen molar-refractivity contribution < 1.29 is 22.7 Å². The number of carbonyl (C=O) groups is 2. The molecular weight excluding hydrogens is 356 g/mol. The topological polar surface area (TPSA) is 84.0 Å². The Kier molecular flexibility index (Phi) is 7.31. The molecule has 0 aliphatic carbocycles. The van der Waals surface area contributed by atoms with Crippen LogP contribution in [-0.4, -0.2) is 68.7 Å². The summed E-state index contributed by atoms with van der Waals surface area (Å²) < 4.78 is 31.8. The standard InChI is InChI=1S/C18H26N2O5S/c1-3-25-18(22)5-4-10-19-11-13-20(14-12-19)26(23,24)17-8-6-16(7-9-17)15(2)21/h6-9H,3-5,10-14H2,1-2H3. The van der Waals surface area contributed by atoms with Crippen LogP contribution in [0.3, 0.4) is 0 Å². The molecule has 0 spiro atoms. The third-order valence-electron chi connectivity index (χ3n) is 4.39. The van der Waals surface area contributed by atoms with Gasteiger partial charge in [0.15, 0.2) is 5.78 Å². The van der Waals surface area contributed by atoms with Gasteiger partial charge in [-0.15, -0.1) is 0 Å². The van der Waals surface area contributed by atoms with Gasteiger partial charge in [-0.05, 0) is 38.9 Å². The van der Waals surface area contributed by atoms with Gasteiger partial charge in [-0.25, -0.2) is 8.42 Å². The summed E-state index contributed by atoms with van der Waals surface area (Å²) in [5.74, 6) is -0.284. The first kappa shape index (κ1) is 20.5. The van der Waals surface area contributed by atoms with Crippen molar-refractivity contribution in [2.45, 2.75) is 31.6 Å². The van der Waals surface area contributed by atoms with Crippen LogP contribution in [0.25, 0.3) is 0 Å². The summed E-state index contributed by atoms with van der Waals surface area (Å²) >= 11 is 0. The van der Waals surface area contributed by atoms with E-state index in [0.29, 0.717) is 51.2 Å². The number of carbonyl (C=O) groups excluding carboxylic acids is 2. The number of Topliss-reactive ketones (excluding diaryl/α,β-unsaturated/α-hetero) is 1. The van der Waals surface area contributed by atoms with Gasteiger partial charge in [-0.1, -0.05) is 12.1 Å². The van der Waals surface area contributed by atoms with Gasteiger partial charge >= 0.3 is 5.97 Å². The van der Waals surface area contributed by atoms with Gasteiger partial charge in [0, 0.05) is 38.2 Å². The molecule has 7 nitrogen and oxygen atoms in total. The van der Waals surface area contributed by atoms with E-state index in [0.717, 1.165) is 6.54 Å². The lowest BCUT2D eigenvalue weighted by Crippen LogP contribution is -2.48. The molecule has 0 bridgehead atoms. The van der Waals surface area contributed by atoms with Crippen molar-refractivity contribution in [2.24, 2.45) is 0 Å². The molecule has 0 unspecified atom stereocenters. The number of hydrogen-bond acceptors (Lipinski definition) is 6. The van der Waals surface area contributed by atoms with E-state index in [9.17, 15) is 18.0 Å². The Morgan fingerprint density at radius 3 is 2.23 bits per heavy atom. The molecule has 1 saturated heterocycles. The van der Waals surface area contributed by atoms with Gasteiger partial charge in [0.25, 0.3) is 0 Å². The molecule has 1 aromatic rings. The summed E-state index contributed by atoms with van der Waals surface area (Å²) in [5, 5.41) is 0. The summed E-state index contributed by atoms with van der Waals surface area (Å²) in [7, 11) is -3.55. The first-order chi connectivity index (χ1) is 12.3. The van der Waals surface area contributed by atoms with E-state index in [4.69, 9.17) is 4.74 Å². The van der Waals surface area contributed by atoms with Gasteiger partial charge in [0.05, 0.1) is 11.5 Å². The lowest BCUT2D eigenvalue weighted by Gasteiger charge is -2.33. The molecule has 1 fully saturated rings. The van der Waals surface area contributed by atoms with E-state index in [-0.39, 0.29) is 16.6 Å². The number of nitrogens with zero attached hydrogens (tertiary/aromatic N) is 2. The molecule has 0 N–H and O–H groups in total. The van der Waals surface area contributed by atoms with Crippen LogP contribution in [0, 0.1) is 0 Å². The van der Waals surface area contributed by atoms with Crippen LogP contribution in [-0.2, 0) is 19.6 Å². The number of esters is 1. The lowest BCUT2D eigenvalue weighted by molar-refractivity contribution is -0.143. The smallest absolute Gasteiger partial charge is 0.305 e. The molecule has 1 aliphatic rings. The predicted octanol–water partition coefficient (Wildman–Crippen LogP) is 1.54. The molecule has 26 heavy (non-hydrogen) atoms. The minimum Gasteiger partial charge on any atom is -0.466 e. The van der Waals surface area contributed by atoms with Crippen molar-refractivity contribution in [1.29, 1.82) is 0 Å². The second-order valence-corrected chi connectivity index (χ2v) is 8.17. The number of hydrogen-bond donors (Lipinski definition) is 0. The molecular formula is C18H26N2O5S. The molecule has 0 aromatic heterocycles. The molecule has 0 atom stereocenters. The Labute approximate surface area is 155 Å². The molecule has 8 heteroatoms. The SMILES string of the molecule is CCOC(=O)CCCN1CCN(S(=O)(=O)c2ccc(C(C)=O)cc2)CC1. The zero-order chi connectivity index (χ0) is 19.2. The lowest BCUT2D eigenvalue weighted by atomic mass is 10.2. The summed E-state index contributed by atoms with van der Waals surface area (Å²) in [6.07, 6.45) is 1.09. The number of ether oxygens (including phenoxy) is 1. The van der Waals surface area contributed by atoms with Crippen molar-refractivity contribution in [3.63, 3.8) is 0 Å². The highest BCUT2D eigenvalue weighted by molar-refractivity contribution is 7.89. The Bertz CT molecular complexity index is 722. The molecule has 0 amide bonds. The van der Waals surface area contributed by atoms with E-state index in [1.165, 1.54) is 23.4 Å². The van der Waals surface area contributed by atoms with E-state index in [1.54, 1.807) is 19.1 Å². The Morgan fingerprint density at radius 1 is 1.08 bits per heavy atom. The largest absolute Gasteiger partial charge is 0.466 e. The van der Waals surface area contributed by atoms with Gasteiger partial charge in [-0.3, -0.25) is 9.59 Å². The number of sulfonamides is 1. The maximum atomic E-state index is 12.7. The van der Waals surface area contributed by atoms with Crippen molar-refractivity contribution >= 4 is 21.8 Å². The second kappa shape index (κ2) is 9.25. The van der Waals surface area contributed by atoms with Crippen molar-refractivity contribution in [3.8, 4) is 0 Å². The van der Waals surface area contributed by atoms with Crippen LogP contribution >= 0.6 is 0 Å². The molecule has 2 rings (SSSR count). The fourth-order valence-corrected chi connectivity index (χ4v) is 4.31. The fourth-order valence-electron chi connectivity index (χ4n) is 2.88. The van der Waals surface area contributed by atoms with Crippen molar-refractivity contribution in [1.82, 2.24) is 9.21 Å². The van der Waals surface area contributed by atoms with E-state index >= 15 is 0 Å². The number of benzene rings is 1. The molecule has 1 aromatic carbocycles. The second-order valence-electron chi connectivity index (χ2n) is 6.23. The first-order valence-electron chi connectivity index (χ1n) is 8.83. The summed E-state index contributed by atoms with van der Waals surface area (Å²) in [4.78, 5) is 25.0. The Morgan fingerprint density at radius 2 is 1.69 bits per heavy atom. The zero-order valence-corrected chi connectivity index (χ0v) is 16.1. The molecule has 1 heterocycles. The van der Waals surface area contributed by atoms with Crippen LogP contribution in [0.15, 0.2) is 29.2 Å². The van der Waals surface area contributed by atoms with Gasteiger partial charge in [-0.2, -0.15) is 4.31 Å². The number of ketones is 1. The van der Waals surface area contributed by atoms with Crippen LogP contribution < -0.4 is 0 Å². The van der Waals surface area contributed by atoms with Crippen LogP contribution in [0.2, 0.25) is 0 Å². The Balaban J connectivity index is 1.86. The van der Waals surface area contributed by atoms with E-state index < -0.39 is 10.0 Å². The van der Waals surface area contributed by atoms with Crippen molar-refractivity contribution in [3.05, 3.63) is 29.8 Å². The quantitative estimate of drug-likeness (QED) is 0.501. The minimum absolute atomic E-state index is 0.0922. The summed E-state index contributed by atoms with van der Waals surface area (Å²) in [6.45, 7) is 6.46. The average molecular weight is 382 g/mol. The van der Waals surface area contributed by atoms with Gasteiger partial charge in [0.2, 0.25) is 10.0 Å². The monoisotopic (exact) mass is 382 g/mol. The third-order valence-corrected chi connectivity index (χ3v) is 6.30. The van der Waals surface area contributed by atoms with Crippen molar-refractivity contribution in [2.75, 3.05) is 39.3 Å². The number of piperazine rings is 1. The van der Waals surface area contributed by atoms with E-state index in [1.807, 2.05) is 0 Å². The Hall–Kier alpha value is -1.77. The molecule has 1 aliphatic heterocycles. The maximum absolute atomic E-state index is 12.7. The molecule has 0 radical (unpaired) electrons. The highest BCUT2D eigenvalue weighted by Gasteiger charge is 2.28. The predicted molar refractivity (Wildman–Crippen MR) is 97.5 cm³/mol. The van der Waals surface area contributed by atoms with Gasteiger partial charge < -0.3 is 9.64 Å². The summed E-state index contributed by atoms with van der Waals surface area (Å²) in [6, 6.07) is 6.05. The first-order valence-corrected chi connectivity index (χ1v) is 10.3. The van der Waals surface area contributed by atoms with Crippen LogP contribution in [0.1, 0.15) is 37.0 Å². The molecule has 0 saturated carbocycles. The summed E-state index contributed by atoms with van der Waals surface area (Å²) in [5.41, 5.74) is 0.496. The average Bonchev–Trinajstić information content (AvgIpc) is 2.62. The normalized spacial score (nSPS) is 16.4. The van der Waals surface area contributed by atoms with Crippen LogP contribution in [0.5, 0.6) is 0 Å². The van der Waals surface area contributed by atoms with Gasteiger partial charge in [0.1, 0.15) is 0 Å². The third kappa shape index (κ3) is 5.36. The zero-order valence-electron chi connectivity index (χ0n) is 15.3. The maximum Gasteiger partial charge on any atom is 0.305 e.